The van der Waals surface area contributed by atoms with Gasteiger partial charge in [-0.05, 0) is 38.0 Å². The first-order chi connectivity index (χ1) is 7.63. The Hall–Kier alpha value is -1.60. The van der Waals surface area contributed by atoms with Crippen LogP contribution in [-0.2, 0) is 0 Å². The zero-order chi connectivity index (χ0) is 12.0. The van der Waals surface area contributed by atoms with Gasteiger partial charge in [0.05, 0.1) is 11.7 Å². The van der Waals surface area contributed by atoms with E-state index in [2.05, 4.69) is 5.32 Å². The van der Waals surface area contributed by atoms with Crippen molar-refractivity contribution in [3.8, 4) is 6.07 Å². The molecule has 86 valence electrons. The van der Waals surface area contributed by atoms with Crippen LogP contribution in [0.15, 0.2) is 18.2 Å². The van der Waals surface area contributed by atoms with Crippen LogP contribution in [0.1, 0.15) is 25.3 Å². The van der Waals surface area contributed by atoms with Crippen molar-refractivity contribution in [1.29, 1.82) is 5.26 Å². The Kier molecular flexibility index (Phi) is 4.74. The van der Waals surface area contributed by atoms with E-state index >= 15 is 0 Å². The average molecular weight is 222 g/mol. The van der Waals surface area contributed by atoms with E-state index in [9.17, 15) is 4.39 Å². The molecule has 1 atom stereocenters. The van der Waals surface area contributed by atoms with Gasteiger partial charge in [0.2, 0.25) is 0 Å². The summed E-state index contributed by atoms with van der Waals surface area (Å²) in [4.78, 5) is 0. The molecule has 0 aliphatic carbocycles. The van der Waals surface area contributed by atoms with Gasteiger partial charge in [-0.1, -0.05) is 0 Å². The third-order valence-corrected chi connectivity index (χ3v) is 2.22. The predicted octanol–water partition coefficient (Wildman–Crippen LogP) is 2.27. The average Bonchev–Trinajstić information content (AvgIpc) is 2.24. The van der Waals surface area contributed by atoms with E-state index < -0.39 is 5.82 Å². The second-order valence-corrected chi connectivity index (χ2v) is 3.72. The number of benzene rings is 1. The maximum absolute atomic E-state index is 13.2. The summed E-state index contributed by atoms with van der Waals surface area (Å²) in [6.07, 6.45) is 1.23. The molecule has 0 aromatic heterocycles. The number of hydrogen-bond donors (Lipinski definition) is 2. The molecule has 0 saturated heterocycles. The molecule has 0 amide bonds. The minimum atomic E-state index is -0.511. The summed E-state index contributed by atoms with van der Waals surface area (Å²) in [5.41, 5.74) is 0.705. The van der Waals surface area contributed by atoms with Gasteiger partial charge in [0.15, 0.2) is 0 Å². The van der Waals surface area contributed by atoms with Crippen LogP contribution >= 0.6 is 0 Å². The van der Waals surface area contributed by atoms with Gasteiger partial charge in [-0.2, -0.15) is 5.26 Å². The van der Waals surface area contributed by atoms with Crippen LogP contribution in [0.3, 0.4) is 0 Å². The summed E-state index contributed by atoms with van der Waals surface area (Å²) in [5, 5.41) is 20.6. The molecule has 0 radical (unpaired) electrons. The number of halogens is 1. The molecule has 1 unspecified atom stereocenters. The molecule has 0 spiro atoms. The number of nitriles is 1. The van der Waals surface area contributed by atoms with E-state index in [1.807, 2.05) is 0 Å². The van der Waals surface area contributed by atoms with Gasteiger partial charge in [-0.15, -0.1) is 0 Å². The van der Waals surface area contributed by atoms with Gasteiger partial charge in [-0.25, -0.2) is 4.39 Å². The fraction of sp³-hybridized carbons (Fsp3) is 0.417. The highest BCUT2D eigenvalue weighted by Crippen LogP contribution is 2.13. The number of rotatable bonds is 5. The van der Waals surface area contributed by atoms with E-state index in [4.69, 9.17) is 10.4 Å². The number of aliphatic hydroxyl groups is 1. The lowest BCUT2D eigenvalue weighted by Crippen LogP contribution is -2.06. The molecule has 1 aromatic rings. The van der Waals surface area contributed by atoms with Crippen LogP contribution in [-0.4, -0.2) is 17.8 Å². The molecule has 0 aliphatic rings. The molecular formula is C12H15FN2O. The zero-order valence-electron chi connectivity index (χ0n) is 9.20. The molecule has 0 saturated carbocycles. The van der Waals surface area contributed by atoms with Crippen LogP contribution in [0, 0.1) is 17.1 Å². The molecule has 0 fully saturated rings. The van der Waals surface area contributed by atoms with Crippen LogP contribution in [0.2, 0.25) is 0 Å². The smallest absolute Gasteiger partial charge is 0.143 e. The Morgan fingerprint density at radius 1 is 1.56 bits per heavy atom. The standard InChI is InChI=1S/C12H15FN2O/c1-9(16)3-2-6-15-11-5-4-10(8-14)12(13)7-11/h4-5,7,9,15-16H,2-3,6H2,1H3. The Labute approximate surface area is 94.5 Å². The van der Waals surface area contributed by atoms with Crippen LogP contribution in [0.5, 0.6) is 0 Å². The molecule has 0 heterocycles. The molecule has 1 aromatic carbocycles. The highest BCUT2D eigenvalue weighted by Gasteiger charge is 2.02. The fourth-order valence-corrected chi connectivity index (χ4v) is 1.35. The van der Waals surface area contributed by atoms with Gasteiger partial charge in [0.1, 0.15) is 11.9 Å². The Balaban J connectivity index is 2.44. The van der Waals surface area contributed by atoms with Crippen molar-refractivity contribution >= 4 is 5.69 Å². The molecule has 0 aliphatic heterocycles. The Bertz CT molecular complexity index is 385. The molecular weight excluding hydrogens is 207 g/mol. The highest BCUT2D eigenvalue weighted by atomic mass is 19.1. The van der Waals surface area contributed by atoms with E-state index in [0.29, 0.717) is 18.7 Å². The van der Waals surface area contributed by atoms with E-state index in [1.54, 1.807) is 19.1 Å². The van der Waals surface area contributed by atoms with Gasteiger partial charge in [-0.3, -0.25) is 0 Å². The second kappa shape index (κ2) is 6.09. The van der Waals surface area contributed by atoms with Crippen molar-refractivity contribution in [3.05, 3.63) is 29.6 Å². The quantitative estimate of drug-likeness (QED) is 0.751. The Morgan fingerprint density at radius 3 is 2.88 bits per heavy atom. The monoisotopic (exact) mass is 222 g/mol. The number of anilines is 1. The molecule has 4 heteroatoms. The largest absolute Gasteiger partial charge is 0.393 e. The Morgan fingerprint density at radius 2 is 2.31 bits per heavy atom. The van der Waals surface area contributed by atoms with E-state index in [1.165, 1.54) is 12.1 Å². The molecule has 1 rings (SSSR count). The second-order valence-electron chi connectivity index (χ2n) is 3.72. The van der Waals surface area contributed by atoms with Crippen molar-refractivity contribution in [2.24, 2.45) is 0 Å². The number of hydrogen-bond acceptors (Lipinski definition) is 3. The lowest BCUT2D eigenvalue weighted by molar-refractivity contribution is 0.183. The first-order valence-corrected chi connectivity index (χ1v) is 5.25. The summed E-state index contributed by atoms with van der Waals surface area (Å²) < 4.78 is 13.2. The van der Waals surface area contributed by atoms with E-state index in [0.717, 1.165) is 6.42 Å². The minimum Gasteiger partial charge on any atom is -0.393 e. The lowest BCUT2D eigenvalue weighted by atomic mass is 10.2. The van der Waals surface area contributed by atoms with Crippen molar-refractivity contribution in [2.75, 3.05) is 11.9 Å². The number of aliphatic hydroxyl groups excluding tert-OH is 1. The van der Waals surface area contributed by atoms with Gasteiger partial charge in [0, 0.05) is 12.2 Å². The minimum absolute atomic E-state index is 0.0505. The summed E-state index contributed by atoms with van der Waals surface area (Å²) in [6.45, 7) is 2.41. The number of nitrogens with one attached hydrogen (secondary N) is 1. The normalized spacial score (nSPS) is 11.9. The fourth-order valence-electron chi connectivity index (χ4n) is 1.35. The first-order valence-electron chi connectivity index (χ1n) is 5.25. The summed E-state index contributed by atoms with van der Waals surface area (Å²) >= 11 is 0. The van der Waals surface area contributed by atoms with Crippen LogP contribution < -0.4 is 5.32 Å². The van der Waals surface area contributed by atoms with E-state index in [-0.39, 0.29) is 11.7 Å². The van der Waals surface area contributed by atoms with Crippen LogP contribution in [0.25, 0.3) is 0 Å². The van der Waals surface area contributed by atoms with Gasteiger partial charge >= 0.3 is 0 Å². The molecule has 16 heavy (non-hydrogen) atoms. The summed E-state index contributed by atoms with van der Waals surface area (Å²) in [6, 6.07) is 6.20. The predicted molar refractivity (Wildman–Crippen MR) is 60.5 cm³/mol. The SMILES string of the molecule is CC(O)CCCNc1ccc(C#N)c(F)c1. The highest BCUT2D eigenvalue weighted by molar-refractivity contribution is 5.47. The van der Waals surface area contributed by atoms with Gasteiger partial charge in [0.25, 0.3) is 0 Å². The number of nitrogens with zero attached hydrogens (tertiary/aromatic N) is 1. The van der Waals surface area contributed by atoms with Crippen LogP contribution in [0.4, 0.5) is 10.1 Å². The third-order valence-electron chi connectivity index (χ3n) is 2.22. The summed E-state index contributed by atoms with van der Waals surface area (Å²) in [7, 11) is 0. The maximum atomic E-state index is 13.2. The maximum Gasteiger partial charge on any atom is 0.143 e. The molecule has 2 N–H and O–H groups in total. The lowest BCUT2D eigenvalue weighted by Gasteiger charge is -2.07. The van der Waals surface area contributed by atoms with Crippen molar-refractivity contribution in [1.82, 2.24) is 0 Å². The van der Waals surface area contributed by atoms with Crippen molar-refractivity contribution in [2.45, 2.75) is 25.9 Å². The first kappa shape index (κ1) is 12.5. The molecule has 3 nitrogen and oxygen atoms in total. The topological polar surface area (TPSA) is 56.0 Å². The third kappa shape index (κ3) is 3.87. The van der Waals surface area contributed by atoms with Crippen molar-refractivity contribution in [3.63, 3.8) is 0 Å². The van der Waals surface area contributed by atoms with Crippen molar-refractivity contribution < 1.29 is 9.50 Å². The molecule has 0 bridgehead atoms. The van der Waals surface area contributed by atoms with Gasteiger partial charge < -0.3 is 10.4 Å². The summed E-state index contributed by atoms with van der Waals surface area (Å²) in [5.74, 6) is -0.511. The zero-order valence-corrected chi connectivity index (χ0v) is 9.20.